The predicted octanol–water partition coefficient (Wildman–Crippen LogP) is 6.78. The van der Waals surface area contributed by atoms with Crippen LogP contribution in [0.25, 0.3) is 0 Å². The normalized spacial score (nSPS) is 19.7. The second-order valence-electron chi connectivity index (χ2n) is 10.1. The molecule has 2 aliphatic rings. The van der Waals surface area contributed by atoms with Crippen molar-refractivity contribution in [2.24, 2.45) is 0 Å². The summed E-state index contributed by atoms with van der Waals surface area (Å²) in [4.78, 5) is 26.1. The number of allylic oxidation sites excluding steroid dienone is 3. The molecular weight excluding hydrogens is 471 g/mol. The minimum atomic E-state index is -3.83. The third-order valence-corrected chi connectivity index (χ3v) is 12.6. The molecule has 1 aromatic rings. The Morgan fingerprint density at radius 3 is 1.88 bits per heavy atom. The molecule has 0 fully saturated rings. The second kappa shape index (κ2) is 9.17. The van der Waals surface area contributed by atoms with Gasteiger partial charge in [0.05, 0.1) is 0 Å². The summed E-state index contributed by atoms with van der Waals surface area (Å²) in [6, 6.07) is 4.46. The molecule has 5 nitrogen and oxygen atoms in total. The van der Waals surface area contributed by atoms with Crippen LogP contribution in [0.1, 0.15) is 82.9 Å². The van der Waals surface area contributed by atoms with Gasteiger partial charge in [-0.05, 0) is 0 Å². The molecule has 34 heavy (non-hydrogen) atoms. The molecule has 1 aromatic carbocycles. The van der Waals surface area contributed by atoms with Crippen LogP contribution in [0, 0.1) is 0 Å². The number of methoxy groups -OCH3 is 2. The van der Waals surface area contributed by atoms with Crippen molar-refractivity contribution < 1.29 is 23.6 Å². The number of hydrogen-bond donors (Lipinski definition) is 0. The van der Waals surface area contributed by atoms with Gasteiger partial charge in [-0.1, -0.05) is 0 Å². The van der Waals surface area contributed by atoms with Gasteiger partial charge in [0.1, 0.15) is 0 Å². The van der Waals surface area contributed by atoms with E-state index in [1.54, 1.807) is 0 Å². The van der Waals surface area contributed by atoms with Crippen LogP contribution in [0.4, 0.5) is 0 Å². The Morgan fingerprint density at radius 1 is 0.941 bits per heavy atom. The average molecular weight is 507 g/mol. The minimum absolute atomic E-state index is 0.0696. The zero-order valence-electron chi connectivity index (χ0n) is 21.6. The van der Waals surface area contributed by atoms with Crippen molar-refractivity contribution in [3.8, 4) is 0 Å². The molecule has 0 saturated heterocycles. The van der Waals surface area contributed by atoms with Gasteiger partial charge in [0.25, 0.3) is 0 Å². The van der Waals surface area contributed by atoms with Crippen LogP contribution in [0.5, 0.6) is 0 Å². The topological polar surface area (TPSA) is 61.8 Å². The van der Waals surface area contributed by atoms with Gasteiger partial charge in [0, 0.05) is 0 Å². The van der Waals surface area contributed by atoms with E-state index in [2.05, 4.69) is 53.7 Å². The van der Waals surface area contributed by atoms with E-state index < -0.39 is 18.8 Å². The molecule has 186 valence electrons. The Balaban J connectivity index is 2.59. The Kier molecular flexibility index (Phi) is 7.14. The van der Waals surface area contributed by atoms with E-state index >= 15 is 0 Å². The SMILES string of the molecule is COC(=O)C1=C(C(=O)OC)P2(c3c(C(C)C)cc(C(C)C)cc3C(C)C)(C=C(C)C(Cl)=CC2)O1. The molecular formula is C27H36ClO5P. The van der Waals surface area contributed by atoms with Gasteiger partial charge < -0.3 is 0 Å². The van der Waals surface area contributed by atoms with Crippen molar-refractivity contribution in [2.45, 2.75) is 66.2 Å². The van der Waals surface area contributed by atoms with Crippen LogP contribution >= 0.6 is 18.4 Å². The first-order valence-corrected chi connectivity index (χ1v) is 14.5. The third kappa shape index (κ3) is 3.82. The van der Waals surface area contributed by atoms with Crippen molar-refractivity contribution in [3.63, 3.8) is 0 Å². The first kappa shape index (κ1) is 26.5. The van der Waals surface area contributed by atoms with E-state index in [0.717, 1.165) is 22.0 Å². The van der Waals surface area contributed by atoms with Crippen LogP contribution in [0.15, 0.2) is 45.7 Å². The van der Waals surface area contributed by atoms with Crippen LogP contribution in [-0.2, 0) is 23.6 Å². The molecule has 7 heteroatoms. The Morgan fingerprint density at radius 2 is 1.47 bits per heavy atom. The summed E-state index contributed by atoms with van der Waals surface area (Å²) in [5.74, 6) is 1.34. The van der Waals surface area contributed by atoms with Crippen molar-refractivity contribution >= 4 is 35.7 Å². The number of carbonyl (C=O) groups excluding carboxylic acids is 2. The summed E-state index contributed by atoms with van der Waals surface area (Å²) >= 11 is 6.52. The number of carbonyl (C=O) groups is 2. The second-order valence-corrected chi connectivity index (χ2v) is 14.8. The zero-order valence-corrected chi connectivity index (χ0v) is 23.3. The van der Waals surface area contributed by atoms with E-state index in [0.29, 0.717) is 17.1 Å². The first-order valence-electron chi connectivity index (χ1n) is 11.7. The molecule has 0 saturated carbocycles. The molecule has 0 amide bonds. The van der Waals surface area contributed by atoms with Gasteiger partial charge in [-0.3, -0.25) is 0 Å². The monoisotopic (exact) mass is 506 g/mol. The number of benzene rings is 1. The van der Waals surface area contributed by atoms with E-state index in [-0.39, 0.29) is 22.9 Å². The summed E-state index contributed by atoms with van der Waals surface area (Å²) < 4.78 is 16.9. The molecule has 0 aliphatic carbocycles. The molecule has 0 bridgehead atoms. The standard InChI is InChI=1S/C27H36ClO5P/c1-15(2)19-12-20(16(3)4)24(21(13-19)17(5)6)34(11-10-22(28)18(7)14-34)25(27(30)32-9)23(33-34)26(29)31-8/h10,12-17H,11H2,1-9H3. The van der Waals surface area contributed by atoms with Crippen LogP contribution in [0.2, 0.25) is 0 Å². The molecule has 2 aliphatic heterocycles. The molecule has 0 aromatic heterocycles. The predicted molar refractivity (Wildman–Crippen MR) is 140 cm³/mol. The summed E-state index contributed by atoms with van der Waals surface area (Å²) in [6.07, 6.45) is 2.30. The summed E-state index contributed by atoms with van der Waals surface area (Å²) in [5, 5.41) is 1.90. The van der Waals surface area contributed by atoms with E-state index in [1.807, 2.05) is 18.8 Å². The fraction of sp³-hybridized carbons (Fsp3) is 0.481. The third-order valence-electron chi connectivity index (χ3n) is 6.82. The molecule has 0 N–H and O–H groups in total. The maximum absolute atomic E-state index is 13.4. The molecule has 0 atom stereocenters. The number of ether oxygens (including phenoxy) is 2. The van der Waals surface area contributed by atoms with Gasteiger partial charge in [0.15, 0.2) is 0 Å². The number of halogens is 1. The number of rotatable bonds is 6. The van der Waals surface area contributed by atoms with Crippen molar-refractivity contribution in [2.75, 3.05) is 20.4 Å². The molecule has 1 spiro atoms. The molecule has 0 unspecified atom stereocenters. The van der Waals surface area contributed by atoms with Crippen LogP contribution in [0.3, 0.4) is 0 Å². The number of hydrogen-bond acceptors (Lipinski definition) is 5. The molecule has 0 radical (unpaired) electrons. The zero-order chi connectivity index (χ0) is 25.6. The van der Waals surface area contributed by atoms with Crippen molar-refractivity contribution in [1.29, 1.82) is 0 Å². The molecule has 3 rings (SSSR count). The Hall–Kier alpha value is -2.10. The van der Waals surface area contributed by atoms with Gasteiger partial charge >= 0.3 is 208 Å². The summed E-state index contributed by atoms with van der Waals surface area (Å²) in [7, 11) is 2.61. The van der Waals surface area contributed by atoms with E-state index in [4.69, 9.17) is 25.6 Å². The van der Waals surface area contributed by atoms with Crippen molar-refractivity contribution in [1.82, 2.24) is 0 Å². The molecule has 2 heterocycles. The average Bonchev–Trinajstić information content (AvgIpc) is 2.78. The van der Waals surface area contributed by atoms with Gasteiger partial charge in [-0.2, -0.15) is 0 Å². The fourth-order valence-electron chi connectivity index (χ4n) is 5.06. The van der Waals surface area contributed by atoms with Crippen LogP contribution < -0.4 is 5.30 Å². The quantitative estimate of drug-likeness (QED) is 0.314. The summed E-state index contributed by atoms with van der Waals surface area (Å²) in [5.41, 5.74) is 4.28. The van der Waals surface area contributed by atoms with Crippen LogP contribution in [-0.4, -0.2) is 32.3 Å². The van der Waals surface area contributed by atoms with Gasteiger partial charge in [-0.25, -0.2) is 0 Å². The Bertz CT molecular complexity index is 1110. The fourth-order valence-corrected chi connectivity index (χ4v) is 11.4. The first-order chi connectivity index (χ1) is 15.8. The van der Waals surface area contributed by atoms with E-state index in [1.165, 1.54) is 19.8 Å². The van der Waals surface area contributed by atoms with Crippen molar-refractivity contribution in [3.05, 3.63) is 62.4 Å². The Labute approximate surface area is 208 Å². The van der Waals surface area contributed by atoms with Gasteiger partial charge in [-0.15, -0.1) is 0 Å². The maximum atomic E-state index is 13.4. The van der Waals surface area contributed by atoms with Gasteiger partial charge in [0.2, 0.25) is 0 Å². The number of esters is 2. The summed E-state index contributed by atoms with van der Waals surface area (Å²) in [6.45, 7) is 11.0. The van der Waals surface area contributed by atoms with E-state index in [9.17, 15) is 9.59 Å².